The van der Waals surface area contributed by atoms with Crippen LogP contribution in [0, 0.1) is 5.92 Å². The van der Waals surface area contributed by atoms with E-state index in [1.54, 1.807) is 18.2 Å². The predicted molar refractivity (Wildman–Crippen MR) is 90.8 cm³/mol. The fourth-order valence-electron chi connectivity index (χ4n) is 2.60. The monoisotopic (exact) mass is 421 g/mol. The molecular weight excluding hydrogens is 405 g/mol. The summed E-state index contributed by atoms with van der Waals surface area (Å²) in [7, 11) is 0. The van der Waals surface area contributed by atoms with E-state index in [4.69, 9.17) is 11.6 Å². The smallest absolute Gasteiger partial charge is 0.251 e. The molecule has 0 heterocycles. The zero-order chi connectivity index (χ0) is 14.8. The van der Waals surface area contributed by atoms with Crippen molar-refractivity contribution in [3.63, 3.8) is 0 Å². The lowest BCUT2D eigenvalue weighted by atomic mass is 9.78. The Kier molecular flexibility index (Phi) is 5.55. The number of nitrogens with one attached hydrogen (secondary N) is 1. The van der Waals surface area contributed by atoms with Crippen molar-refractivity contribution < 1.29 is 4.79 Å². The lowest BCUT2D eigenvalue weighted by Gasteiger charge is -2.39. The van der Waals surface area contributed by atoms with E-state index in [1.807, 2.05) is 0 Å². The second-order valence-electron chi connectivity index (χ2n) is 5.71. The molecule has 20 heavy (non-hydrogen) atoms. The molecule has 1 aliphatic carbocycles. The maximum absolute atomic E-state index is 12.5. The first-order valence-electron chi connectivity index (χ1n) is 6.79. The first-order valence-corrected chi connectivity index (χ1v) is 9.08. The Hall–Kier alpha value is -0.0600. The highest BCUT2D eigenvalue weighted by molar-refractivity contribution is 9.10. The van der Waals surface area contributed by atoms with Crippen molar-refractivity contribution in [2.24, 2.45) is 5.92 Å². The molecule has 1 aromatic rings. The van der Waals surface area contributed by atoms with Gasteiger partial charge in [-0.25, -0.2) is 0 Å². The van der Waals surface area contributed by atoms with Gasteiger partial charge in [0.05, 0.1) is 5.54 Å². The maximum atomic E-state index is 12.5. The van der Waals surface area contributed by atoms with Crippen LogP contribution < -0.4 is 5.32 Å². The molecule has 2 rings (SSSR count). The summed E-state index contributed by atoms with van der Waals surface area (Å²) < 4.78 is 0.820. The fraction of sp³-hybridized carbons (Fsp3) is 0.533. The van der Waals surface area contributed by atoms with Gasteiger partial charge >= 0.3 is 0 Å². The third-order valence-electron chi connectivity index (χ3n) is 3.99. The molecule has 0 aliphatic heterocycles. The van der Waals surface area contributed by atoms with Crippen molar-refractivity contribution in [2.45, 2.75) is 38.1 Å². The Labute approximate surface area is 141 Å². The van der Waals surface area contributed by atoms with Crippen molar-refractivity contribution in [1.29, 1.82) is 0 Å². The summed E-state index contributed by atoms with van der Waals surface area (Å²) in [5.41, 5.74) is 0.474. The number of amides is 1. The number of alkyl halides is 1. The molecule has 0 spiro atoms. The van der Waals surface area contributed by atoms with Crippen LogP contribution in [0.1, 0.15) is 43.0 Å². The van der Waals surface area contributed by atoms with Gasteiger partial charge in [0, 0.05) is 20.4 Å². The molecule has 1 aromatic carbocycles. The van der Waals surface area contributed by atoms with Gasteiger partial charge in [0.25, 0.3) is 5.91 Å². The van der Waals surface area contributed by atoms with Gasteiger partial charge in [-0.3, -0.25) is 4.79 Å². The van der Waals surface area contributed by atoms with Gasteiger partial charge in [-0.1, -0.05) is 50.4 Å². The van der Waals surface area contributed by atoms with E-state index in [9.17, 15) is 4.79 Å². The SMILES string of the molecule is CC1CCC(CBr)(NC(=O)c2cc(Cl)cc(Br)c2)CC1. The summed E-state index contributed by atoms with van der Waals surface area (Å²) >= 11 is 12.9. The first-order chi connectivity index (χ1) is 9.44. The van der Waals surface area contributed by atoms with E-state index in [0.717, 1.165) is 41.4 Å². The highest BCUT2D eigenvalue weighted by Crippen LogP contribution is 2.33. The highest BCUT2D eigenvalue weighted by atomic mass is 79.9. The summed E-state index contributed by atoms with van der Waals surface area (Å²) in [5.74, 6) is 0.696. The van der Waals surface area contributed by atoms with Gasteiger partial charge in [0.1, 0.15) is 0 Å². The molecule has 1 saturated carbocycles. The quantitative estimate of drug-likeness (QED) is 0.667. The molecule has 1 fully saturated rings. The Morgan fingerprint density at radius 1 is 1.40 bits per heavy atom. The molecule has 1 amide bonds. The van der Waals surface area contributed by atoms with Crippen LogP contribution >= 0.6 is 43.5 Å². The van der Waals surface area contributed by atoms with Crippen LogP contribution in [0.5, 0.6) is 0 Å². The third-order valence-corrected chi connectivity index (χ3v) is 5.74. The number of benzene rings is 1. The minimum Gasteiger partial charge on any atom is -0.346 e. The lowest BCUT2D eigenvalue weighted by molar-refractivity contribution is 0.0874. The molecule has 0 unspecified atom stereocenters. The van der Waals surface area contributed by atoms with E-state index in [1.165, 1.54) is 0 Å². The summed E-state index contributed by atoms with van der Waals surface area (Å²) in [4.78, 5) is 12.5. The van der Waals surface area contributed by atoms with Crippen molar-refractivity contribution in [1.82, 2.24) is 5.32 Å². The average Bonchev–Trinajstić information content (AvgIpc) is 2.40. The lowest BCUT2D eigenvalue weighted by Crippen LogP contribution is -2.52. The normalized spacial score (nSPS) is 26.3. The number of rotatable bonds is 3. The largest absolute Gasteiger partial charge is 0.346 e. The number of halogens is 3. The second kappa shape index (κ2) is 6.80. The highest BCUT2D eigenvalue weighted by Gasteiger charge is 2.34. The van der Waals surface area contributed by atoms with E-state index in [-0.39, 0.29) is 11.4 Å². The third kappa shape index (κ3) is 3.99. The van der Waals surface area contributed by atoms with Crippen molar-refractivity contribution in [3.8, 4) is 0 Å². The predicted octanol–water partition coefficient (Wildman–Crippen LogP) is 5.18. The molecular formula is C15H18Br2ClNO. The molecule has 1 aliphatic rings. The standard InChI is InChI=1S/C15H18Br2ClNO/c1-10-2-4-15(9-16,5-3-10)19-14(20)11-6-12(17)8-13(18)7-11/h6-8,10H,2-5,9H2,1H3,(H,19,20). The minimum absolute atomic E-state index is 0.0535. The first kappa shape index (κ1) is 16.3. The molecule has 5 heteroatoms. The van der Waals surface area contributed by atoms with Gasteiger partial charge in [-0.15, -0.1) is 0 Å². The summed E-state index contributed by atoms with van der Waals surface area (Å²) in [6.07, 6.45) is 4.36. The Morgan fingerprint density at radius 3 is 2.60 bits per heavy atom. The van der Waals surface area contributed by atoms with Gasteiger partial charge in [-0.05, 0) is 49.8 Å². The number of carbonyl (C=O) groups excluding carboxylic acids is 1. The van der Waals surface area contributed by atoms with E-state index < -0.39 is 0 Å². The summed E-state index contributed by atoms with van der Waals surface area (Å²) in [6, 6.07) is 5.28. The van der Waals surface area contributed by atoms with Gasteiger partial charge in [0.15, 0.2) is 0 Å². The summed E-state index contributed by atoms with van der Waals surface area (Å²) in [5, 5.41) is 4.56. The van der Waals surface area contributed by atoms with Gasteiger partial charge in [-0.2, -0.15) is 0 Å². The maximum Gasteiger partial charge on any atom is 0.251 e. The Bertz CT molecular complexity index is 478. The van der Waals surface area contributed by atoms with Gasteiger partial charge < -0.3 is 5.32 Å². The fourth-order valence-corrected chi connectivity index (χ4v) is 4.17. The van der Waals surface area contributed by atoms with Crippen LogP contribution in [-0.4, -0.2) is 16.8 Å². The van der Waals surface area contributed by atoms with Crippen LogP contribution in [0.3, 0.4) is 0 Å². The van der Waals surface area contributed by atoms with Crippen molar-refractivity contribution >= 4 is 49.4 Å². The molecule has 0 aromatic heterocycles. The molecule has 0 radical (unpaired) electrons. The second-order valence-corrected chi connectivity index (χ2v) is 7.62. The Morgan fingerprint density at radius 2 is 2.05 bits per heavy atom. The molecule has 0 atom stereocenters. The number of carbonyl (C=O) groups is 1. The van der Waals surface area contributed by atoms with Crippen molar-refractivity contribution in [3.05, 3.63) is 33.3 Å². The molecule has 2 nitrogen and oxygen atoms in total. The van der Waals surface area contributed by atoms with E-state index in [0.29, 0.717) is 10.6 Å². The molecule has 110 valence electrons. The van der Waals surface area contributed by atoms with Gasteiger partial charge in [0.2, 0.25) is 0 Å². The number of hydrogen-bond donors (Lipinski definition) is 1. The van der Waals surface area contributed by atoms with Crippen LogP contribution in [0.25, 0.3) is 0 Å². The Balaban J connectivity index is 2.13. The van der Waals surface area contributed by atoms with Crippen LogP contribution in [0.15, 0.2) is 22.7 Å². The van der Waals surface area contributed by atoms with E-state index in [2.05, 4.69) is 44.1 Å². The number of hydrogen-bond acceptors (Lipinski definition) is 1. The minimum atomic E-state index is -0.127. The topological polar surface area (TPSA) is 29.1 Å². The summed E-state index contributed by atoms with van der Waals surface area (Å²) in [6.45, 7) is 2.27. The molecule has 1 N–H and O–H groups in total. The van der Waals surface area contributed by atoms with Crippen LogP contribution in [-0.2, 0) is 0 Å². The molecule has 0 saturated heterocycles. The zero-order valence-electron chi connectivity index (χ0n) is 11.4. The van der Waals surface area contributed by atoms with Crippen LogP contribution in [0.4, 0.5) is 0 Å². The zero-order valence-corrected chi connectivity index (χ0v) is 15.3. The van der Waals surface area contributed by atoms with Crippen LogP contribution in [0.2, 0.25) is 5.02 Å². The average molecular weight is 424 g/mol. The van der Waals surface area contributed by atoms with Crippen molar-refractivity contribution in [2.75, 3.05) is 5.33 Å². The molecule has 0 bridgehead atoms. The van der Waals surface area contributed by atoms with E-state index >= 15 is 0 Å².